The lowest BCUT2D eigenvalue weighted by atomic mass is 9.94. The Kier molecular flexibility index (Phi) is 4.51. The second-order valence-electron chi connectivity index (χ2n) is 6.49. The zero-order valence-electron chi connectivity index (χ0n) is 12.6. The first kappa shape index (κ1) is 15.8. The Morgan fingerprint density at radius 2 is 2.14 bits per heavy atom. The highest BCUT2D eigenvalue weighted by molar-refractivity contribution is 6.07. The van der Waals surface area contributed by atoms with Gasteiger partial charge in [0, 0.05) is 13.0 Å². The van der Waals surface area contributed by atoms with Gasteiger partial charge in [-0.15, -0.1) is 0 Å². The summed E-state index contributed by atoms with van der Waals surface area (Å²) in [4.78, 5) is 37.1. The van der Waals surface area contributed by atoms with Crippen LogP contribution in [0.25, 0.3) is 0 Å². The van der Waals surface area contributed by atoms with Crippen LogP contribution in [0.15, 0.2) is 0 Å². The van der Waals surface area contributed by atoms with E-state index in [2.05, 4.69) is 24.5 Å². The Bertz CT molecular complexity index is 452. The van der Waals surface area contributed by atoms with Crippen molar-refractivity contribution in [3.63, 3.8) is 0 Å². The maximum Gasteiger partial charge on any atom is 0.322 e. The predicted octanol–water partition coefficient (Wildman–Crippen LogP) is -0.192. The van der Waals surface area contributed by atoms with Crippen molar-refractivity contribution in [2.45, 2.75) is 38.6 Å². The lowest BCUT2D eigenvalue weighted by Gasteiger charge is -2.23. The molecule has 2 aliphatic rings. The van der Waals surface area contributed by atoms with Crippen molar-refractivity contribution >= 4 is 17.8 Å². The van der Waals surface area contributed by atoms with E-state index in [1.807, 2.05) is 0 Å². The van der Waals surface area contributed by atoms with Gasteiger partial charge in [-0.25, -0.2) is 4.79 Å². The smallest absolute Gasteiger partial charge is 0.322 e. The summed E-state index contributed by atoms with van der Waals surface area (Å²) in [5.74, 6) is 0.342. The van der Waals surface area contributed by atoms with Crippen molar-refractivity contribution in [2.24, 2.45) is 17.6 Å². The molecular weight excluding hydrogens is 272 g/mol. The average Bonchev–Trinajstić information content (AvgIpc) is 2.93. The topological polar surface area (TPSA) is 105 Å². The molecule has 7 heteroatoms. The minimum Gasteiger partial charge on any atom is -0.340 e. The molecule has 0 aromatic carbocycles. The minimum atomic E-state index is -0.928. The molecule has 4 N–H and O–H groups in total. The van der Waals surface area contributed by atoms with E-state index in [0.29, 0.717) is 31.8 Å². The van der Waals surface area contributed by atoms with Crippen LogP contribution in [0.3, 0.4) is 0 Å². The summed E-state index contributed by atoms with van der Waals surface area (Å²) < 4.78 is 0. The molecule has 0 aromatic rings. The molecule has 2 rings (SSSR count). The summed E-state index contributed by atoms with van der Waals surface area (Å²) in [6.07, 6.45) is 1.78. The summed E-state index contributed by atoms with van der Waals surface area (Å²) in [7, 11) is 0. The highest BCUT2D eigenvalue weighted by Gasteiger charge is 2.51. The number of imide groups is 1. The molecule has 1 spiro atoms. The van der Waals surface area contributed by atoms with Gasteiger partial charge in [-0.3, -0.25) is 14.9 Å². The Labute approximate surface area is 124 Å². The van der Waals surface area contributed by atoms with Gasteiger partial charge in [-0.2, -0.15) is 0 Å². The molecule has 2 heterocycles. The summed E-state index contributed by atoms with van der Waals surface area (Å²) in [6.45, 7) is 5.45. The van der Waals surface area contributed by atoms with E-state index in [-0.39, 0.29) is 24.3 Å². The zero-order valence-corrected chi connectivity index (χ0v) is 12.6. The van der Waals surface area contributed by atoms with E-state index in [0.717, 1.165) is 6.42 Å². The van der Waals surface area contributed by atoms with Gasteiger partial charge < -0.3 is 16.0 Å². The van der Waals surface area contributed by atoms with E-state index < -0.39 is 11.6 Å². The van der Waals surface area contributed by atoms with Crippen LogP contribution in [0.5, 0.6) is 0 Å². The number of hydrogen-bond acceptors (Lipinski definition) is 4. The van der Waals surface area contributed by atoms with Crippen molar-refractivity contribution in [1.29, 1.82) is 0 Å². The maximum atomic E-state index is 12.4. The fourth-order valence-corrected chi connectivity index (χ4v) is 3.14. The molecule has 21 heavy (non-hydrogen) atoms. The van der Waals surface area contributed by atoms with Gasteiger partial charge in [0.2, 0.25) is 5.91 Å². The molecule has 7 nitrogen and oxygen atoms in total. The number of hydrogen-bond donors (Lipinski definition) is 3. The first-order valence-corrected chi connectivity index (χ1v) is 7.48. The fourth-order valence-electron chi connectivity index (χ4n) is 3.14. The predicted molar refractivity (Wildman–Crippen MR) is 77.2 cm³/mol. The molecule has 2 saturated heterocycles. The third kappa shape index (κ3) is 3.34. The highest BCUT2D eigenvalue weighted by atomic mass is 16.2. The van der Waals surface area contributed by atoms with Crippen molar-refractivity contribution in [3.05, 3.63) is 0 Å². The Balaban J connectivity index is 1.93. The summed E-state index contributed by atoms with van der Waals surface area (Å²) in [5, 5.41) is 4.89. The van der Waals surface area contributed by atoms with E-state index >= 15 is 0 Å². The van der Waals surface area contributed by atoms with E-state index in [1.54, 1.807) is 4.90 Å². The first-order valence-electron chi connectivity index (χ1n) is 7.48. The van der Waals surface area contributed by atoms with E-state index in [4.69, 9.17) is 5.73 Å². The summed E-state index contributed by atoms with van der Waals surface area (Å²) in [5.41, 5.74) is 4.80. The number of urea groups is 1. The van der Waals surface area contributed by atoms with Gasteiger partial charge >= 0.3 is 6.03 Å². The van der Waals surface area contributed by atoms with Crippen LogP contribution in [0.1, 0.15) is 33.1 Å². The molecule has 0 saturated carbocycles. The van der Waals surface area contributed by atoms with Crippen LogP contribution in [0, 0.1) is 11.8 Å². The molecular formula is C14H24N4O3. The Hall–Kier alpha value is -1.63. The largest absolute Gasteiger partial charge is 0.340 e. The zero-order chi connectivity index (χ0) is 15.6. The van der Waals surface area contributed by atoms with Gasteiger partial charge in [-0.1, -0.05) is 13.8 Å². The third-order valence-electron chi connectivity index (χ3n) is 4.24. The molecule has 0 bridgehead atoms. The second kappa shape index (κ2) is 6.01. The van der Waals surface area contributed by atoms with E-state index in [9.17, 15) is 14.4 Å². The number of nitrogens with zero attached hydrogens (tertiary/aromatic N) is 1. The SMILES string of the molecule is CC(C)C[C@H](CN)CC(=O)N1CCC2(C1)NC(=O)NC2=O. The van der Waals surface area contributed by atoms with E-state index in [1.165, 1.54) is 0 Å². The molecule has 0 aliphatic carbocycles. The van der Waals surface area contributed by atoms with Crippen LogP contribution in [0.4, 0.5) is 4.79 Å². The highest BCUT2D eigenvalue weighted by Crippen LogP contribution is 2.26. The van der Waals surface area contributed by atoms with Crippen LogP contribution < -0.4 is 16.4 Å². The summed E-state index contributed by atoms with van der Waals surface area (Å²) >= 11 is 0. The molecule has 4 amide bonds. The quantitative estimate of drug-likeness (QED) is 0.611. The van der Waals surface area contributed by atoms with Crippen LogP contribution in [-0.2, 0) is 9.59 Å². The molecule has 1 unspecified atom stereocenters. The number of carbonyl (C=O) groups is 3. The maximum absolute atomic E-state index is 12.4. The van der Waals surface area contributed by atoms with Crippen molar-refractivity contribution < 1.29 is 14.4 Å². The number of likely N-dealkylation sites (tertiary alicyclic amines) is 1. The van der Waals surface area contributed by atoms with Gasteiger partial charge in [0.25, 0.3) is 5.91 Å². The molecule has 2 fully saturated rings. The van der Waals surface area contributed by atoms with Crippen molar-refractivity contribution in [1.82, 2.24) is 15.5 Å². The number of amides is 4. The first-order chi connectivity index (χ1) is 9.86. The van der Waals surface area contributed by atoms with Gasteiger partial charge in [-0.05, 0) is 31.2 Å². The molecule has 2 atom stereocenters. The monoisotopic (exact) mass is 296 g/mol. The van der Waals surface area contributed by atoms with Crippen molar-refractivity contribution in [3.8, 4) is 0 Å². The molecule has 2 aliphatic heterocycles. The third-order valence-corrected chi connectivity index (χ3v) is 4.24. The lowest BCUT2D eigenvalue weighted by molar-refractivity contribution is -0.131. The van der Waals surface area contributed by atoms with Crippen LogP contribution in [-0.4, -0.2) is 47.9 Å². The normalized spacial score (nSPS) is 26.4. The standard InChI is InChI=1S/C14H24N4O3/c1-9(2)5-10(7-15)6-11(19)18-4-3-14(8-18)12(20)16-13(21)17-14/h9-10H,3-8,15H2,1-2H3,(H2,16,17,20,21)/t10-,14?/m0/s1. The number of rotatable bonds is 5. The minimum absolute atomic E-state index is 0.0110. The number of nitrogens with one attached hydrogen (secondary N) is 2. The molecule has 118 valence electrons. The fraction of sp³-hybridized carbons (Fsp3) is 0.786. The Morgan fingerprint density at radius 1 is 1.43 bits per heavy atom. The molecule has 0 radical (unpaired) electrons. The second-order valence-corrected chi connectivity index (χ2v) is 6.49. The van der Waals surface area contributed by atoms with Gasteiger partial charge in [0.05, 0.1) is 6.54 Å². The van der Waals surface area contributed by atoms with Crippen LogP contribution in [0.2, 0.25) is 0 Å². The van der Waals surface area contributed by atoms with Gasteiger partial charge in [0.15, 0.2) is 0 Å². The average molecular weight is 296 g/mol. The van der Waals surface area contributed by atoms with Crippen LogP contribution >= 0.6 is 0 Å². The van der Waals surface area contributed by atoms with Gasteiger partial charge in [0.1, 0.15) is 5.54 Å². The number of nitrogens with two attached hydrogens (primary N) is 1. The summed E-state index contributed by atoms with van der Waals surface area (Å²) in [6, 6.07) is -0.478. The lowest BCUT2D eigenvalue weighted by Crippen LogP contribution is -2.49. The molecule has 0 aromatic heterocycles. The number of carbonyl (C=O) groups excluding carboxylic acids is 3. The van der Waals surface area contributed by atoms with Crippen molar-refractivity contribution in [2.75, 3.05) is 19.6 Å². The Morgan fingerprint density at radius 3 is 2.67 bits per heavy atom.